The van der Waals surface area contributed by atoms with Crippen LogP contribution in [0.25, 0.3) is 0 Å². The maximum Gasteiger partial charge on any atom is 0.137 e. The summed E-state index contributed by atoms with van der Waals surface area (Å²) in [5, 5.41) is 5.66. The fourth-order valence-corrected chi connectivity index (χ4v) is 5.71. The van der Waals surface area contributed by atoms with Crippen LogP contribution in [-0.2, 0) is 0 Å². The SMILES string of the molecule is BrCCOc1cccnc1.CC1(Oc2ccc(Cl)cc2)CCN(CCOc2cccnc2)CC1.CC1(Oc2ccc(Cl)cc2)CCNCC1. The lowest BCUT2D eigenvalue weighted by atomic mass is 9.93. The van der Waals surface area contributed by atoms with E-state index in [1.807, 2.05) is 72.8 Å². The van der Waals surface area contributed by atoms with Gasteiger partial charge >= 0.3 is 0 Å². The van der Waals surface area contributed by atoms with Crippen LogP contribution >= 0.6 is 39.1 Å². The lowest BCUT2D eigenvalue weighted by molar-refractivity contribution is 0.0135. The molecular weight excluding hydrogens is 727 g/mol. The summed E-state index contributed by atoms with van der Waals surface area (Å²) < 4.78 is 23.2. The van der Waals surface area contributed by atoms with Crippen LogP contribution in [0.5, 0.6) is 23.0 Å². The van der Waals surface area contributed by atoms with E-state index in [2.05, 4.69) is 50.0 Å². The summed E-state index contributed by atoms with van der Waals surface area (Å²) in [5.74, 6) is 3.44. The van der Waals surface area contributed by atoms with Crippen molar-refractivity contribution in [2.45, 2.75) is 50.7 Å². The first-order valence-corrected chi connectivity index (χ1v) is 18.6. The molecular formula is C38H47BrCl2N4O4. The number of benzene rings is 2. The second-order valence-corrected chi connectivity index (χ2v) is 14.0. The summed E-state index contributed by atoms with van der Waals surface area (Å²) in [4.78, 5) is 10.4. The van der Waals surface area contributed by atoms with Crippen LogP contribution in [0.4, 0.5) is 0 Å². The molecule has 2 aromatic heterocycles. The van der Waals surface area contributed by atoms with E-state index in [-0.39, 0.29) is 11.2 Å². The molecule has 0 radical (unpaired) electrons. The van der Waals surface area contributed by atoms with Gasteiger partial charge in [0.05, 0.1) is 19.0 Å². The quantitative estimate of drug-likeness (QED) is 0.152. The van der Waals surface area contributed by atoms with Gasteiger partial charge in [0.1, 0.15) is 40.8 Å². The number of pyridine rings is 2. The summed E-state index contributed by atoms with van der Waals surface area (Å²) in [7, 11) is 0. The molecule has 2 aromatic carbocycles. The number of likely N-dealkylation sites (tertiary alicyclic amines) is 1. The molecule has 0 spiro atoms. The Labute approximate surface area is 309 Å². The summed E-state index contributed by atoms with van der Waals surface area (Å²) >= 11 is 15.0. The first kappa shape index (κ1) is 38.7. The predicted molar refractivity (Wildman–Crippen MR) is 202 cm³/mol. The standard InChI is InChI=1S/C19H23ClN2O2.C12H16ClNO.C7H8BrNO/c1-19(24-17-6-4-16(20)5-7-17)8-11-22(12-9-19)13-14-23-18-3-2-10-21-15-18;1-12(6-8-14-9-7-12)15-11-4-2-10(13)3-5-11;8-3-5-10-7-2-1-4-9-6-7/h2-7,10,15H,8-9,11-14H2,1H3;2-5,14H,6-9H2,1H3;1-2,4,6H,3,5H2. The number of halogens is 3. The normalized spacial score (nSPS) is 16.5. The van der Waals surface area contributed by atoms with Crippen LogP contribution in [0.15, 0.2) is 97.6 Å². The van der Waals surface area contributed by atoms with Gasteiger partial charge in [-0.3, -0.25) is 14.9 Å². The zero-order valence-electron chi connectivity index (χ0n) is 28.3. The predicted octanol–water partition coefficient (Wildman–Crippen LogP) is 8.76. The number of alkyl halides is 1. The summed E-state index contributed by atoms with van der Waals surface area (Å²) in [6.07, 6.45) is 11.0. The van der Waals surface area contributed by atoms with Crippen molar-refractivity contribution in [3.8, 4) is 23.0 Å². The zero-order valence-corrected chi connectivity index (χ0v) is 31.4. The minimum atomic E-state index is -0.117. The van der Waals surface area contributed by atoms with Crippen LogP contribution in [0.2, 0.25) is 10.0 Å². The Kier molecular flexibility index (Phi) is 16.2. The fourth-order valence-electron chi connectivity index (χ4n) is 5.30. The Morgan fingerprint density at radius 1 is 0.673 bits per heavy atom. The number of ether oxygens (including phenoxy) is 4. The highest BCUT2D eigenvalue weighted by molar-refractivity contribution is 9.09. The average Bonchev–Trinajstić information content (AvgIpc) is 3.12. The fraction of sp³-hybridized carbons (Fsp3) is 0.421. The lowest BCUT2D eigenvalue weighted by Crippen LogP contribution is -2.47. The topological polar surface area (TPSA) is 78.0 Å². The molecule has 0 saturated carbocycles. The van der Waals surface area contributed by atoms with E-state index >= 15 is 0 Å². The van der Waals surface area contributed by atoms with Gasteiger partial charge in [-0.05, 0) is 125 Å². The van der Waals surface area contributed by atoms with Crippen molar-refractivity contribution < 1.29 is 18.9 Å². The van der Waals surface area contributed by atoms with Crippen molar-refractivity contribution in [2.24, 2.45) is 0 Å². The molecule has 6 rings (SSSR count). The Morgan fingerprint density at radius 3 is 1.59 bits per heavy atom. The summed E-state index contributed by atoms with van der Waals surface area (Å²) in [5.41, 5.74) is -0.145. The highest BCUT2D eigenvalue weighted by Crippen LogP contribution is 2.29. The maximum atomic E-state index is 6.20. The molecule has 2 aliphatic rings. The first-order valence-electron chi connectivity index (χ1n) is 16.7. The van der Waals surface area contributed by atoms with E-state index in [1.54, 1.807) is 24.8 Å². The van der Waals surface area contributed by atoms with Crippen molar-refractivity contribution in [3.05, 3.63) is 108 Å². The Morgan fingerprint density at radius 2 is 1.14 bits per heavy atom. The molecule has 0 amide bonds. The molecule has 4 heterocycles. The van der Waals surface area contributed by atoms with Gasteiger partial charge in [-0.2, -0.15) is 0 Å². The number of hydrogen-bond acceptors (Lipinski definition) is 8. The van der Waals surface area contributed by atoms with E-state index in [0.717, 1.165) is 96.8 Å². The third-order valence-corrected chi connectivity index (χ3v) is 9.05. The van der Waals surface area contributed by atoms with Crippen LogP contribution in [0.3, 0.4) is 0 Å². The van der Waals surface area contributed by atoms with Gasteiger partial charge in [0.2, 0.25) is 0 Å². The lowest BCUT2D eigenvalue weighted by Gasteiger charge is -2.39. The molecule has 2 saturated heterocycles. The monoisotopic (exact) mass is 772 g/mol. The van der Waals surface area contributed by atoms with Gasteiger partial charge in [-0.1, -0.05) is 39.1 Å². The number of hydrogen-bond donors (Lipinski definition) is 1. The molecule has 0 aliphatic carbocycles. The Bertz CT molecular complexity index is 1460. The second kappa shape index (κ2) is 20.6. The summed E-state index contributed by atoms with van der Waals surface area (Å²) in [6, 6.07) is 22.7. The van der Waals surface area contributed by atoms with E-state index in [1.165, 1.54) is 0 Å². The van der Waals surface area contributed by atoms with E-state index in [0.29, 0.717) is 13.2 Å². The van der Waals surface area contributed by atoms with Crippen LogP contribution in [-0.4, -0.2) is 77.3 Å². The first-order chi connectivity index (χ1) is 23.7. The van der Waals surface area contributed by atoms with Crippen molar-refractivity contribution in [2.75, 3.05) is 51.3 Å². The smallest absolute Gasteiger partial charge is 0.137 e. The molecule has 0 unspecified atom stereocenters. The number of nitrogens with zero attached hydrogens (tertiary/aromatic N) is 3. The highest BCUT2D eigenvalue weighted by Gasteiger charge is 2.32. The van der Waals surface area contributed by atoms with Crippen LogP contribution in [0, 0.1) is 0 Å². The van der Waals surface area contributed by atoms with Gasteiger partial charge < -0.3 is 24.3 Å². The van der Waals surface area contributed by atoms with Crippen LogP contribution < -0.4 is 24.3 Å². The molecule has 8 nitrogen and oxygen atoms in total. The van der Waals surface area contributed by atoms with Gasteiger partial charge in [0.15, 0.2) is 0 Å². The minimum Gasteiger partial charge on any atom is -0.491 e. The molecule has 4 aromatic rings. The molecule has 2 fully saturated rings. The minimum absolute atomic E-state index is 0.0287. The van der Waals surface area contributed by atoms with Crippen molar-refractivity contribution in [3.63, 3.8) is 0 Å². The average molecular weight is 775 g/mol. The van der Waals surface area contributed by atoms with E-state index in [4.69, 9.17) is 42.1 Å². The third-order valence-electron chi connectivity index (χ3n) is 8.22. The summed E-state index contributed by atoms with van der Waals surface area (Å²) in [6.45, 7) is 10.7. The molecule has 2 aliphatic heterocycles. The number of rotatable bonds is 11. The van der Waals surface area contributed by atoms with Crippen LogP contribution in [0.1, 0.15) is 39.5 Å². The molecule has 1 N–H and O–H groups in total. The molecule has 0 atom stereocenters. The Hall–Kier alpha value is -3.08. The van der Waals surface area contributed by atoms with Gasteiger partial charge in [0, 0.05) is 47.4 Å². The van der Waals surface area contributed by atoms with E-state index < -0.39 is 0 Å². The second-order valence-electron chi connectivity index (χ2n) is 12.4. The number of piperidine rings is 2. The molecule has 264 valence electrons. The third kappa shape index (κ3) is 14.7. The molecule has 0 bridgehead atoms. The van der Waals surface area contributed by atoms with Crippen molar-refractivity contribution >= 4 is 39.1 Å². The molecule has 11 heteroatoms. The highest BCUT2D eigenvalue weighted by atomic mass is 79.9. The largest absolute Gasteiger partial charge is 0.491 e. The Balaban J connectivity index is 0.000000184. The van der Waals surface area contributed by atoms with E-state index in [9.17, 15) is 0 Å². The number of nitrogens with one attached hydrogen (secondary N) is 1. The van der Waals surface area contributed by atoms with Gasteiger partial charge in [-0.25, -0.2) is 0 Å². The van der Waals surface area contributed by atoms with Crippen molar-refractivity contribution in [1.82, 2.24) is 20.2 Å². The van der Waals surface area contributed by atoms with Gasteiger partial charge in [-0.15, -0.1) is 0 Å². The number of aromatic nitrogens is 2. The maximum absolute atomic E-state index is 6.20. The van der Waals surface area contributed by atoms with Gasteiger partial charge in [0.25, 0.3) is 0 Å². The van der Waals surface area contributed by atoms with Crippen molar-refractivity contribution in [1.29, 1.82) is 0 Å². The molecule has 49 heavy (non-hydrogen) atoms. The zero-order chi connectivity index (χ0) is 34.8.